The number of hydrogen-bond donors (Lipinski definition) is 1. The molecule has 0 aliphatic carbocycles. The molecule has 1 aromatic carbocycles. The van der Waals surface area contributed by atoms with Gasteiger partial charge in [-0.25, -0.2) is 4.39 Å². The van der Waals surface area contributed by atoms with Crippen LogP contribution in [0.2, 0.25) is 0 Å². The van der Waals surface area contributed by atoms with Gasteiger partial charge in [0.15, 0.2) is 0 Å². The van der Waals surface area contributed by atoms with Crippen LogP contribution in [0.5, 0.6) is 0 Å². The van der Waals surface area contributed by atoms with Crippen LogP contribution in [-0.4, -0.2) is 6.21 Å². The Bertz CT molecular complexity index is 415. The second-order valence-electron chi connectivity index (χ2n) is 3.12. The number of hydrogen-bond acceptors (Lipinski definition) is 2. The second kappa shape index (κ2) is 5.10. The van der Waals surface area contributed by atoms with E-state index in [9.17, 15) is 4.39 Å². The van der Waals surface area contributed by atoms with Gasteiger partial charge in [0, 0.05) is 17.5 Å². The normalized spacial score (nSPS) is 12.0. The van der Waals surface area contributed by atoms with Crippen molar-refractivity contribution in [3.63, 3.8) is 0 Å². The van der Waals surface area contributed by atoms with Crippen LogP contribution in [0.25, 0.3) is 5.70 Å². The zero-order chi connectivity index (χ0) is 11.3. The lowest BCUT2D eigenvalue weighted by Crippen LogP contribution is -1.90. The van der Waals surface area contributed by atoms with Crippen LogP contribution < -0.4 is 5.73 Å². The van der Waals surface area contributed by atoms with E-state index >= 15 is 0 Å². The first-order chi connectivity index (χ1) is 7.11. The molecule has 1 rings (SSSR count). The van der Waals surface area contributed by atoms with Crippen LogP contribution in [0.1, 0.15) is 12.5 Å². The molecule has 2 N–H and O–H groups in total. The molecule has 0 fully saturated rings. The lowest BCUT2D eigenvalue weighted by molar-refractivity contribution is 0.624. The molecule has 15 heavy (non-hydrogen) atoms. The van der Waals surface area contributed by atoms with Crippen LogP contribution in [-0.2, 0) is 0 Å². The highest BCUT2D eigenvalue weighted by molar-refractivity contribution is 5.79. The number of rotatable bonds is 3. The molecule has 0 aliphatic heterocycles. The van der Waals surface area contributed by atoms with Gasteiger partial charge < -0.3 is 5.73 Å². The highest BCUT2D eigenvalue weighted by Crippen LogP contribution is 2.16. The summed E-state index contributed by atoms with van der Waals surface area (Å²) in [5.74, 6) is -0.326. The molecular formula is C12H13FN2. The number of halogens is 1. The first kappa shape index (κ1) is 11.2. The SMILES string of the molecule is C=C(/N=C\C=C(\C)N)c1ccccc1F. The summed E-state index contributed by atoms with van der Waals surface area (Å²) in [4.78, 5) is 3.98. The Morgan fingerprint density at radius 3 is 2.73 bits per heavy atom. The van der Waals surface area contributed by atoms with Crippen molar-refractivity contribution in [2.24, 2.45) is 10.7 Å². The molecule has 3 heteroatoms. The van der Waals surface area contributed by atoms with E-state index in [1.807, 2.05) is 0 Å². The van der Waals surface area contributed by atoms with Crippen molar-refractivity contribution in [3.8, 4) is 0 Å². The summed E-state index contributed by atoms with van der Waals surface area (Å²) in [6.45, 7) is 5.42. The van der Waals surface area contributed by atoms with Crippen LogP contribution in [0.15, 0.2) is 47.6 Å². The molecule has 0 unspecified atom stereocenters. The Morgan fingerprint density at radius 1 is 1.47 bits per heavy atom. The Labute approximate surface area is 88.6 Å². The highest BCUT2D eigenvalue weighted by atomic mass is 19.1. The summed E-state index contributed by atoms with van der Waals surface area (Å²) >= 11 is 0. The van der Waals surface area contributed by atoms with Crippen molar-refractivity contribution in [2.45, 2.75) is 6.92 Å². The smallest absolute Gasteiger partial charge is 0.132 e. The molecule has 0 aromatic heterocycles. The monoisotopic (exact) mass is 204 g/mol. The van der Waals surface area contributed by atoms with Gasteiger partial charge in [-0.2, -0.15) is 0 Å². The molecule has 0 spiro atoms. The fourth-order valence-corrected chi connectivity index (χ4v) is 1.01. The Kier molecular flexibility index (Phi) is 3.80. The van der Waals surface area contributed by atoms with Crippen molar-refractivity contribution in [1.82, 2.24) is 0 Å². The Hall–Kier alpha value is -1.90. The second-order valence-corrected chi connectivity index (χ2v) is 3.12. The molecule has 0 amide bonds. The van der Waals surface area contributed by atoms with Gasteiger partial charge >= 0.3 is 0 Å². The van der Waals surface area contributed by atoms with Gasteiger partial charge in [-0.3, -0.25) is 4.99 Å². The zero-order valence-electron chi connectivity index (χ0n) is 8.57. The van der Waals surface area contributed by atoms with Crippen molar-refractivity contribution in [1.29, 1.82) is 0 Å². The maximum Gasteiger partial charge on any atom is 0.132 e. The third-order valence-electron chi connectivity index (χ3n) is 1.75. The molecule has 0 saturated carbocycles. The van der Waals surface area contributed by atoms with Crippen molar-refractivity contribution in [3.05, 3.63) is 54.0 Å². The minimum atomic E-state index is -0.326. The summed E-state index contributed by atoms with van der Waals surface area (Å²) in [6, 6.07) is 6.37. The van der Waals surface area contributed by atoms with E-state index in [0.717, 1.165) is 0 Å². The molecule has 1 aromatic rings. The van der Waals surface area contributed by atoms with Crippen molar-refractivity contribution < 1.29 is 4.39 Å². The molecule has 0 bridgehead atoms. The molecule has 78 valence electrons. The number of nitrogens with zero attached hydrogens (tertiary/aromatic N) is 1. The summed E-state index contributed by atoms with van der Waals surface area (Å²) in [7, 11) is 0. The lowest BCUT2D eigenvalue weighted by Gasteiger charge is -2.00. The lowest BCUT2D eigenvalue weighted by atomic mass is 10.2. The topological polar surface area (TPSA) is 38.4 Å². The maximum absolute atomic E-state index is 13.3. The number of aliphatic imine (C=N–C) groups is 1. The molecule has 0 atom stereocenters. The standard InChI is InChI=1S/C12H13FN2/c1-9(14)7-8-15-10(2)11-5-3-4-6-12(11)13/h3-8H,2,14H2,1H3/b9-7-,15-8-. The Morgan fingerprint density at radius 2 is 2.13 bits per heavy atom. The molecule has 0 radical (unpaired) electrons. The van der Waals surface area contributed by atoms with Crippen LogP contribution in [0.3, 0.4) is 0 Å². The average molecular weight is 204 g/mol. The van der Waals surface area contributed by atoms with E-state index in [4.69, 9.17) is 5.73 Å². The minimum Gasteiger partial charge on any atom is -0.402 e. The maximum atomic E-state index is 13.3. The minimum absolute atomic E-state index is 0.326. The van der Waals surface area contributed by atoms with E-state index in [0.29, 0.717) is 17.0 Å². The van der Waals surface area contributed by atoms with Gasteiger partial charge in [-0.05, 0) is 25.1 Å². The third-order valence-corrected chi connectivity index (χ3v) is 1.75. The third kappa shape index (κ3) is 3.38. The van der Waals surface area contributed by atoms with Gasteiger partial charge in [-0.1, -0.05) is 18.7 Å². The fourth-order valence-electron chi connectivity index (χ4n) is 1.01. The largest absolute Gasteiger partial charge is 0.402 e. The summed E-state index contributed by atoms with van der Waals surface area (Å²) in [5, 5.41) is 0. The number of benzene rings is 1. The predicted octanol–water partition coefficient (Wildman–Crippen LogP) is 2.73. The van der Waals surface area contributed by atoms with E-state index in [2.05, 4.69) is 11.6 Å². The molecule has 0 aliphatic rings. The Balaban J connectivity index is 2.83. The summed E-state index contributed by atoms with van der Waals surface area (Å²) < 4.78 is 13.3. The van der Waals surface area contributed by atoms with E-state index in [1.54, 1.807) is 31.2 Å². The van der Waals surface area contributed by atoms with Crippen LogP contribution in [0.4, 0.5) is 4.39 Å². The van der Waals surface area contributed by atoms with Gasteiger partial charge in [0.1, 0.15) is 5.82 Å². The van der Waals surface area contributed by atoms with E-state index < -0.39 is 0 Å². The number of allylic oxidation sites excluding steroid dienone is 2. The van der Waals surface area contributed by atoms with Gasteiger partial charge in [0.05, 0.1) is 5.70 Å². The summed E-state index contributed by atoms with van der Waals surface area (Å²) in [5.41, 5.74) is 6.83. The quantitative estimate of drug-likeness (QED) is 0.755. The van der Waals surface area contributed by atoms with Gasteiger partial charge in [0.2, 0.25) is 0 Å². The van der Waals surface area contributed by atoms with Gasteiger partial charge in [0.25, 0.3) is 0 Å². The zero-order valence-corrected chi connectivity index (χ0v) is 8.57. The highest BCUT2D eigenvalue weighted by Gasteiger charge is 2.01. The van der Waals surface area contributed by atoms with Crippen molar-refractivity contribution >= 4 is 11.9 Å². The van der Waals surface area contributed by atoms with Crippen LogP contribution in [0, 0.1) is 5.82 Å². The van der Waals surface area contributed by atoms with Crippen LogP contribution >= 0.6 is 0 Å². The fraction of sp³-hybridized carbons (Fsp3) is 0.0833. The van der Waals surface area contributed by atoms with Gasteiger partial charge in [-0.15, -0.1) is 0 Å². The van der Waals surface area contributed by atoms with E-state index in [-0.39, 0.29) is 5.82 Å². The van der Waals surface area contributed by atoms with Crippen molar-refractivity contribution in [2.75, 3.05) is 0 Å². The molecule has 2 nitrogen and oxygen atoms in total. The first-order valence-corrected chi connectivity index (χ1v) is 4.51. The average Bonchev–Trinajstić information content (AvgIpc) is 2.17. The predicted molar refractivity (Wildman–Crippen MR) is 61.9 cm³/mol. The number of nitrogens with two attached hydrogens (primary N) is 1. The summed E-state index contributed by atoms with van der Waals surface area (Å²) in [6.07, 6.45) is 3.14. The first-order valence-electron chi connectivity index (χ1n) is 4.51. The van der Waals surface area contributed by atoms with E-state index in [1.165, 1.54) is 12.3 Å². The molecule has 0 heterocycles. The molecular weight excluding hydrogens is 191 g/mol. The molecule has 0 saturated heterocycles.